The molecule has 1 rings (SSSR count). The summed E-state index contributed by atoms with van der Waals surface area (Å²) in [5.41, 5.74) is -0.494. The second-order valence-corrected chi connectivity index (χ2v) is 6.50. The summed E-state index contributed by atoms with van der Waals surface area (Å²) in [6.07, 6.45) is -6.19. The molecule has 0 bridgehead atoms. The van der Waals surface area contributed by atoms with Gasteiger partial charge in [-0.25, -0.2) is 0 Å². The van der Waals surface area contributed by atoms with Crippen molar-refractivity contribution in [2.45, 2.75) is 39.2 Å². The second kappa shape index (κ2) is 9.00. The zero-order valence-electron chi connectivity index (χ0n) is 14.5. The molecule has 0 spiro atoms. The van der Waals surface area contributed by atoms with Crippen LogP contribution < -0.4 is 10.1 Å². The van der Waals surface area contributed by atoms with E-state index in [9.17, 15) is 27.9 Å². The number of halogens is 3. The van der Waals surface area contributed by atoms with Crippen molar-refractivity contribution in [3.05, 3.63) is 29.8 Å². The van der Waals surface area contributed by atoms with Gasteiger partial charge in [-0.3, -0.25) is 9.59 Å². The molecule has 1 aromatic rings. The quantitative estimate of drug-likeness (QED) is 0.607. The monoisotopic (exact) mass is 377 g/mol. The number of nitrogens with one attached hydrogen (secondary N) is 1. The van der Waals surface area contributed by atoms with Crippen LogP contribution in [0, 0.1) is 5.41 Å². The van der Waals surface area contributed by atoms with Crippen molar-refractivity contribution < 1.29 is 37.7 Å². The minimum absolute atomic E-state index is 0.00117. The van der Waals surface area contributed by atoms with E-state index in [2.05, 4.69) is 10.1 Å². The molecule has 0 unspecified atom stereocenters. The number of ketones is 1. The lowest BCUT2D eigenvalue weighted by Crippen LogP contribution is -2.46. The van der Waals surface area contributed by atoms with Gasteiger partial charge in [-0.05, 0) is 17.7 Å². The van der Waals surface area contributed by atoms with E-state index < -0.39 is 23.8 Å². The van der Waals surface area contributed by atoms with Crippen LogP contribution in [0.5, 0.6) is 5.75 Å². The zero-order chi connectivity index (χ0) is 20.0. The van der Waals surface area contributed by atoms with E-state index in [1.807, 2.05) is 0 Å². The molecule has 0 radical (unpaired) electrons. The molecule has 0 aromatic heterocycles. The molecule has 146 valence electrons. The van der Waals surface area contributed by atoms with Gasteiger partial charge in [0, 0.05) is 24.8 Å². The summed E-state index contributed by atoms with van der Waals surface area (Å²) in [7, 11) is 0. The van der Waals surface area contributed by atoms with Gasteiger partial charge < -0.3 is 20.3 Å². The normalized spacial score (nSPS) is 13.2. The molecular formula is C17H22F3NO5. The summed E-state index contributed by atoms with van der Waals surface area (Å²) in [4.78, 5) is 23.6. The number of rotatable bonds is 9. The Morgan fingerprint density at radius 2 is 1.77 bits per heavy atom. The van der Waals surface area contributed by atoms with Gasteiger partial charge in [0.15, 0.2) is 0 Å². The molecular weight excluding hydrogens is 355 g/mol. The van der Waals surface area contributed by atoms with Crippen LogP contribution in [0.4, 0.5) is 13.2 Å². The van der Waals surface area contributed by atoms with Crippen LogP contribution in [0.2, 0.25) is 0 Å². The number of alkyl halides is 3. The van der Waals surface area contributed by atoms with E-state index in [1.165, 1.54) is 26.0 Å². The van der Waals surface area contributed by atoms with Crippen LogP contribution in [0.1, 0.15) is 25.8 Å². The zero-order valence-corrected chi connectivity index (χ0v) is 14.5. The number of amides is 1. The highest BCUT2D eigenvalue weighted by Gasteiger charge is 2.33. The topological polar surface area (TPSA) is 95.9 Å². The number of benzene rings is 1. The Hall–Kier alpha value is -2.13. The van der Waals surface area contributed by atoms with Gasteiger partial charge in [0.2, 0.25) is 5.91 Å². The van der Waals surface area contributed by atoms with Gasteiger partial charge in [-0.15, -0.1) is 13.2 Å². The summed E-state index contributed by atoms with van der Waals surface area (Å²) < 4.78 is 39.9. The summed E-state index contributed by atoms with van der Waals surface area (Å²) in [6.45, 7) is 2.67. The molecule has 0 aliphatic heterocycles. The fourth-order valence-electron chi connectivity index (χ4n) is 1.99. The van der Waals surface area contributed by atoms with Crippen molar-refractivity contribution >= 4 is 11.7 Å². The first-order valence-corrected chi connectivity index (χ1v) is 7.87. The fourth-order valence-corrected chi connectivity index (χ4v) is 1.99. The molecule has 9 heteroatoms. The molecule has 3 N–H and O–H groups in total. The smallest absolute Gasteiger partial charge is 0.406 e. The standard InChI is InChI=1S/C17H22F3NO5/c1-16(2,10-22)14(24)15(25)21-8-7-12(23)9-11-3-5-13(6-4-11)26-17(18,19)20/h3-6,14,22,24H,7-10H2,1-2H3,(H,21,25)/t14-/m0/s1. The van der Waals surface area contributed by atoms with E-state index in [-0.39, 0.29) is 37.5 Å². The van der Waals surface area contributed by atoms with E-state index in [4.69, 9.17) is 5.11 Å². The Bertz CT molecular complexity index is 614. The van der Waals surface area contributed by atoms with E-state index in [0.717, 1.165) is 12.1 Å². The number of Topliss-reactive ketones (excluding diaryl/α,β-unsaturated/α-hetero) is 1. The molecule has 0 saturated heterocycles. The number of carbonyl (C=O) groups is 2. The lowest BCUT2D eigenvalue weighted by atomic mass is 9.87. The molecule has 0 aliphatic rings. The van der Waals surface area contributed by atoms with Gasteiger partial charge in [0.1, 0.15) is 17.6 Å². The third kappa shape index (κ3) is 7.40. The Kier molecular flexibility index (Phi) is 7.58. The summed E-state index contributed by atoms with van der Waals surface area (Å²) >= 11 is 0. The summed E-state index contributed by atoms with van der Waals surface area (Å²) in [6, 6.07) is 4.94. The molecule has 6 nitrogen and oxygen atoms in total. The molecule has 26 heavy (non-hydrogen) atoms. The molecule has 1 atom stereocenters. The largest absolute Gasteiger partial charge is 0.573 e. The fraction of sp³-hybridized carbons (Fsp3) is 0.529. The maximum Gasteiger partial charge on any atom is 0.573 e. The Morgan fingerprint density at radius 3 is 2.27 bits per heavy atom. The van der Waals surface area contributed by atoms with Crippen molar-refractivity contribution in [3.63, 3.8) is 0 Å². The van der Waals surface area contributed by atoms with Crippen molar-refractivity contribution in [3.8, 4) is 5.75 Å². The number of ether oxygens (including phenoxy) is 1. The first kappa shape index (κ1) is 21.9. The molecule has 0 aliphatic carbocycles. The molecule has 0 saturated carbocycles. The van der Waals surface area contributed by atoms with Crippen molar-refractivity contribution in [2.75, 3.05) is 13.2 Å². The lowest BCUT2D eigenvalue weighted by molar-refractivity contribution is -0.274. The van der Waals surface area contributed by atoms with Gasteiger partial charge in [-0.1, -0.05) is 26.0 Å². The van der Waals surface area contributed by atoms with Crippen molar-refractivity contribution in [1.29, 1.82) is 0 Å². The van der Waals surface area contributed by atoms with Crippen LogP contribution in [0.3, 0.4) is 0 Å². The molecule has 0 fully saturated rings. The van der Waals surface area contributed by atoms with Crippen LogP contribution in [-0.4, -0.2) is 47.5 Å². The minimum Gasteiger partial charge on any atom is -0.406 e. The summed E-state index contributed by atoms with van der Waals surface area (Å²) in [5, 5.41) is 21.3. The highest BCUT2D eigenvalue weighted by atomic mass is 19.4. The van der Waals surface area contributed by atoms with Gasteiger partial charge >= 0.3 is 6.36 Å². The highest BCUT2D eigenvalue weighted by molar-refractivity contribution is 5.84. The second-order valence-electron chi connectivity index (χ2n) is 6.50. The van der Waals surface area contributed by atoms with E-state index in [1.54, 1.807) is 0 Å². The number of aliphatic hydroxyl groups excluding tert-OH is 2. The highest BCUT2D eigenvalue weighted by Crippen LogP contribution is 2.23. The Labute approximate surface area is 149 Å². The Balaban J connectivity index is 2.42. The summed E-state index contributed by atoms with van der Waals surface area (Å²) in [5.74, 6) is -1.29. The van der Waals surface area contributed by atoms with Gasteiger partial charge in [-0.2, -0.15) is 0 Å². The van der Waals surface area contributed by atoms with Crippen molar-refractivity contribution in [1.82, 2.24) is 5.32 Å². The molecule has 1 amide bonds. The number of hydrogen-bond acceptors (Lipinski definition) is 5. The first-order valence-electron chi connectivity index (χ1n) is 7.87. The number of aliphatic hydroxyl groups is 2. The van der Waals surface area contributed by atoms with Crippen LogP contribution in [0.15, 0.2) is 24.3 Å². The maximum atomic E-state index is 12.1. The van der Waals surface area contributed by atoms with Crippen molar-refractivity contribution in [2.24, 2.45) is 5.41 Å². The number of carbonyl (C=O) groups excluding carboxylic acids is 2. The van der Waals surface area contributed by atoms with E-state index in [0.29, 0.717) is 5.56 Å². The Morgan fingerprint density at radius 1 is 1.19 bits per heavy atom. The lowest BCUT2D eigenvalue weighted by Gasteiger charge is -2.27. The SMILES string of the molecule is CC(C)(CO)[C@@H](O)C(=O)NCCC(=O)Cc1ccc(OC(F)(F)F)cc1. The van der Waals surface area contributed by atoms with Gasteiger partial charge in [0.25, 0.3) is 0 Å². The van der Waals surface area contributed by atoms with Gasteiger partial charge in [0.05, 0.1) is 6.61 Å². The van der Waals surface area contributed by atoms with Crippen LogP contribution in [0.25, 0.3) is 0 Å². The molecule has 1 aromatic carbocycles. The van der Waals surface area contributed by atoms with Crippen LogP contribution in [-0.2, 0) is 16.0 Å². The maximum absolute atomic E-state index is 12.1. The average Bonchev–Trinajstić information content (AvgIpc) is 2.54. The predicted octanol–water partition coefficient (Wildman–Crippen LogP) is 1.58. The molecule has 0 heterocycles. The van der Waals surface area contributed by atoms with E-state index >= 15 is 0 Å². The predicted molar refractivity (Wildman–Crippen MR) is 86.3 cm³/mol. The number of hydrogen-bond donors (Lipinski definition) is 3. The average molecular weight is 377 g/mol. The minimum atomic E-state index is -4.77. The third-order valence-electron chi connectivity index (χ3n) is 3.66. The third-order valence-corrected chi connectivity index (χ3v) is 3.66. The first-order chi connectivity index (χ1) is 11.9. The van der Waals surface area contributed by atoms with Crippen LogP contribution >= 0.6 is 0 Å².